The predicted molar refractivity (Wildman–Crippen MR) is 112 cm³/mol. The summed E-state index contributed by atoms with van der Waals surface area (Å²) in [5.41, 5.74) is 3.96. The summed E-state index contributed by atoms with van der Waals surface area (Å²) < 4.78 is 26.7. The summed E-state index contributed by atoms with van der Waals surface area (Å²) in [6.07, 6.45) is 0.727. The highest BCUT2D eigenvalue weighted by molar-refractivity contribution is 7.99. The second-order valence-electron chi connectivity index (χ2n) is 8.24. The summed E-state index contributed by atoms with van der Waals surface area (Å²) in [5.74, 6) is -1.26. The molecule has 2 aromatic rings. The van der Waals surface area contributed by atoms with Crippen LogP contribution in [-0.4, -0.2) is 17.3 Å². The first kappa shape index (κ1) is 21.7. The molecule has 0 aromatic heterocycles. The fraction of sp³-hybridized carbons (Fsp3) is 0.417. The van der Waals surface area contributed by atoms with Crippen LogP contribution in [-0.2, 0) is 9.59 Å². The second-order valence-corrected chi connectivity index (χ2v) is 9.33. The molecule has 0 amide bonds. The normalized spacial score (nSPS) is 20.8. The average molecular weight is 417 g/mol. The van der Waals surface area contributed by atoms with Crippen LogP contribution in [0.15, 0.2) is 35.2 Å². The van der Waals surface area contributed by atoms with E-state index in [1.165, 1.54) is 23.9 Å². The lowest BCUT2D eigenvalue weighted by atomic mass is 9.71. The van der Waals surface area contributed by atoms with Gasteiger partial charge in [-0.2, -0.15) is 0 Å². The molecule has 1 unspecified atom stereocenters. The zero-order valence-electron chi connectivity index (χ0n) is 17.2. The molecule has 1 saturated carbocycles. The molecular weight excluding hydrogens is 390 g/mol. The highest BCUT2D eigenvalue weighted by atomic mass is 32.2. The Morgan fingerprint density at radius 2 is 1.45 bits per heavy atom. The van der Waals surface area contributed by atoms with Gasteiger partial charge >= 0.3 is 0 Å². The quantitative estimate of drug-likeness (QED) is 0.446. The maximum absolute atomic E-state index is 13.4. The molecule has 0 aliphatic heterocycles. The number of thioether (sulfide) groups is 1. The average Bonchev–Trinajstić information content (AvgIpc) is 2.60. The summed E-state index contributed by atoms with van der Waals surface area (Å²) in [6.45, 7) is 7.92. The molecule has 0 spiro atoms. The number of carbonyl (C=O) groups excluding carboxylic acids is 2. The maximum Gasteiger partial charge on any atom is 0.148 e. The van der Waals surface area contributed by atoms with Crippen molar-refractivity contribution in [3.05, 3.63) is 64.2 Å². The number of rotatable bonds is 5. The van der Waals surface area contributed by atoms with Gasteiger partial charge in [0.2, 0.25) is 0 Å². The Balaban J connectivity index is 1.69. The van der Waals surface area contributed by atoms with Crippen molar-refractivity contribution in [2.45, 2.75) is 51.3 Å². The third kappa shape index (κ3) is 4.95. The molecule has 1 fully saturated rings. The highest BCUT2D eigenvalue weighted by Gasteiger charge is 2.39. The molecular formula is C24H26F2O2S. The molecule has 0 radical (unpaired) electrons. The van der Waals surface area contributed by atoms with Gasteiger partial charge in [0.1, 0.15) is 29.1 Å². The number of benzene rings is 2. The minimum Gasteiger partial charge on any atom is -0.299 e. The minimum absolute atomic E-state index is 0.0186. The first-order valence-electron chi connectivity index (χ1n) is 9.87. The number of halogens is 2. The number of carbonyl (C=O) groups is 2. The van der Waals surface area contributed by atoms with Crippen LogP contribution in [0.4, 0.5) is 8.78 Å². The first-order valence-corrected chi connectivity index (χ1v) is 10.9. The molecule has 0 heterocycles. The summed E-state index contributed by atoms with van der Waals surface area (Å²) in [7, 11) is 0. The van der Waals surface area contributed by atoms with Gasteiger partial charge in [-0.15, -0.1) is 11.8 Å². The molecule has 3 rings (SSSR count). The first-order chi connectivity index (χ1) is 13.7. The van der Waals surface area contributed by atoms with Crippen molar-refractivity contribution in [2.75, 3.05) is 5.75 Å². The van der Waals surface area contributed by atoms with Crippen LogP contribution < -0.4 is 0 Å². The molecule has 0 N–H and O–H groups in total. The standard InChI is InChI=1S/C24H26F2O2S/c1-13-5-14(2)23(15(3)6-13)24-21(27)7-17(8-22(24)28)16(4)12-29-20-10-18(25)9-19(26)11-20/h5-6,9-11,16-17,24H,7-8,12H2,1-4H3. The van der Waals surface area contributed by atoms with E-state index in [2.05, 4.69) is 0 Å². The van der Waals surface area contributed by atoms with Gasteiger partial charge in [-0.1, -0.05) is 24.6 Å². The largest absolute Gasteiger partial charge is 0.299 e. The van der Waals surface area contributed by atoms with Crippen molar-refractivity contribution in [1.29, 1.82) is 0 Å². The Morgan fingerprint density at radius 3 is 1.97 bits per heavy atom. The highest BCUT2D eigenvalue weighted by Crippen LogP contribution is 2.38. The van der Waals surface area contributed by atoms with E-state index in [-0.39, 0.29) is 23.4 Å². The zero-order valence-corrected chi connectivity index (χ0v) is 18.0. The van der Waals surface area contributed by atoms with Gasteiger partial charge < -0.3 is 0 Å². The Bertz CT molecular complexity index is 893. The second kappa shape index (κ2) is 8.78. The third-order valence-electron chi connectivity index (χ3n) is 5.75. The van der Waals surface area contributed by atoms with E-state index in [9.17, 15) is 18.4 Å². The Labute approximate surface area is 175 Å². The lowest BCUT2D eigenvalue weighted by Crippen LogP contribution is -2.35. The SMILES string of the molecule is Cc1cc(C)c(C2C(=O)CC(C(C)CSc3cc(F)cc(F)c3)CC2=O)c(C)c1. The fourth-order valence-corrected chi connectivity index (χ4v) is 5.47. The summed E-state index contributed by atoms with van der Waals surface area (Å²) in [4.78, 5) is 26.4. The van der Waals surface area contributed by atoms with Crippen LogP contribution in [0.25, 0.3) is 0 Å². The number of aryl methyl sites for hydroxylation is 3. The molecule has 5 heteroatoms. The zero-order chi connectivity index (χ0) is 21.3. The summed E-state index contributed by atoms with van der Waals surface area (Å²) in [5, 5.41) is 0. The molecule has 1 aliphatic carbocycles. The lowest BCUT2D eigenvalue weighted by Gasteiger charge is -2.31. The Morgan fingerprint density at radius 1 is 0.931 bits per heavy atom. The van der Waals surface area contributed by atoms with E-state index in [0.717, 1.165) is 28.3 Å². The van der Waals surface area contributed by atoms with Crippen LogP contribution in [0.3, 0.4) is 0 Å². The van der Waals surface area contributed by atoms with E-state index >= 15 is 0 Å². The van der Waals surface area contributed by atoms with Gasteiger partial charge in [-0.05, 0) is 61.4 Å². The predicted octanol–water partition coefficient (Wildman–Crippen LogP) is 5.95. The molecule has 29 heavy (non-hydrogen) atoms. The van der Waals surface area contributed by atoms with Crippen molar-refractivity contribution in [1.82, 2.24) is 0 Å². The van der Waals surface area contributed by atoms with Crippen LogP contribution in [0.1, 0.15) is 47.9 Å². The van der Waals surface area contributed by atoms with Gasteiger partial charge in [-0.3, -0.25) is 9.59 Å². The molecule has 0 saturated heterocycles. The van der Waals surface area contributed by atoms with Crippen molar-refractivity contribution in [3.63, 3.8) is 0 Å². The molecule has 1 aliphatic rings. The van der Waals surface area contributed by atoms with E-state index in [0.29, 0.717) is 23.5 Å². The Hall–Kier alpha value is -2.01. The van der Waals surface area contributed by atoms with E-state index in [1.54, 1.807) is 0 Å². The number of ketones is 2. The van der Waals surface area contributed by atoms with E-state index in [4.69, 9.17) is 0 Å². The van der Waals surface area contributed by atoms with Gasteiger partial charge in [0.05, 0.1) is 0 Å². The Kier molecular flexibility index (Phi) is 6.57. The van der Waals surface area contributed by atoms with Gasteiger partial charge in [0.15, 0.2) is 0 Å². The maximum atomic E-state index is 13.4. The van der Waals surface area contributed by atoms with Gasteiger partial charge in [-0.25, -0.2) is 8.78 Å². The number of Topliss-reactive ketones (excluding diaryl/α,β-unsaturated/α-hetero) is 2. The van der Waals surface area contributed by atoms with Crippen LogP contribution in [0.5, 0.6) is 0 Å². The number of hydrogen-bond acceptors (Lipinski definition) is 3. The lowest BCUT2D eigenvalue weighted by molar-refractivity contribution is -0.134. The number of hydrogen-bond donors (Lipinski definition) is 0. The molecule has 0 bridgehead atoms. The molecule has 154 valence electrons. The smallest absolute Gasteiger partial charge is 0.148 e. The topological polar surface area (TPSA) is 34.1 Å². The monoisotopic (exact) mass is 416 g/mol. The van der Waals surface area contributed by atoms with Crippen molar-refractivity contribution < 1.29 is 18.4 Å². The van der Waals surface area contributed by atoms with Crippen molar-refractivity contribution >= 4 is 23.3 Å². The molecule has 2 aromatic carbocycles. The van der Waals surface area contributed by atoms with Crippen molar-refractivity contribution in [2.24, 2.45) is 11.8 Å². The molecule has 2 nitrogen and oxygen atoms in total. The molecule has 1 atom stereocenters. The minimum atomic E-state index is -0.663. The van der Waals surface area contributed by atoms with Crippen LogP contribution in [0, 0.1) is 44.2 Å². The fourth-order valence-electron chi connectivity index (χ4n) is 4.35. The van der Waals surface area contributed by atoms with Gasteiger partial charge in [0, 0.05) is 29.6 Å². The van der Waals surface area contributed by atoms with Crippen LogP contribution in [0.2, 0.25) is 0 Å². The van der Waals surface area contributed by atoms with E-state index < -0.39 is 17.6 Å². The van der Waals surface area contributed by atoms with Crippen molar-refractivity contribution in [3.8, 4) is 0 Å². The third-order valence-corrected chi connectivity index (χ3v) is 7.01. The summed E-state index contributed by atoms with van der Waals surface area (Å²) in [6, 6.07) is 7.49. The van der Waals surface area contributed by atoms with Gasteiger partial charge in [0.25, 0.3) is 0 Å². The van der Waals surface area contributed by atoms with Crippen LogP contribution >= 0.6 is 11.8 Å². The van der Waals surface area contributed by atoms with E-state index in [1.807, 2.05) is 39.8 Å². The summed E-state index contributed by atoms with van der Waals surface area (Å²) >= 11 is 1.35.